The normalized spacial score (nSPS) is 21.4. The molecule has 1 unspecified atom stereocenters. The highest BCUT2D eigenvalue weighted by molar-refractivity contribution is 6.42. The molecular formula is C23H23Cl2N5O3. The Balaban J connectivity index is 1.21. The molecule has 3 aliphatic heterocycles. The van der Waals surface area contributed by atoms with Crippen LogP contribution in [0.4, 0.5) is 5.82 Å². The number of amides is 3. The van der Waals surface area contributed by atoms with Crippen molar-refractivity contribution >= 4 is 46.7 Å². The summed E-state index contributed by atoms with van der Waals surface area (Å²) in [6.45, 7) is 4.59. The van der Waals surface area contributed by atoms with Crippen molar-refractivity contribution in [2.45, 2.75) is 32.0 Å². The average Bonchev–Trinajstić information content (AvgIpc) is 3.12. The molecule has 2 fully saturated rings. The van der Waals surface area contributed by atoms with E-state index in [1.807, 2.05) is 12.1 Å². The summed E-state index contributed by atoms with van der Waals surface area (Å²) in [6.07, 6.45) is 2.20. The highest BCUT2D eigenvalue weighted by atomic mass is 35.5. The number of rotatable bonds is 4. The number of benzene rings is 1. The minimum Gasteiger partial charge on any atom is -0.354 e. The number of piperazine rings is 1. The van der Waals surface area contributed by atoms with Crippen molar-refractivity contribution in [1.29, 1.82) is 0 Å². The molecule has 2 saturated heterocycles. The van der Waals surface area contributed by atoms with Gasteiger partial charge in [-0.05, 0) is 23.6 Å². The highest BCUT2D eigenvalue weighted by Crippen LogP contribution is 2.29. The van der Waals surface area contributed by atoms with Gasteiger partial charge in [-0.3, -0.25) is 24.6 Å². The molecule has 0 spiro atoms. The van der Waals surface area contributed by atoms with E-state index in [1.165, 1.54) is 0 Å². The van der Waals surface area contributed by atoms with Gasteiger partial charge in [0.2, 0.25) is 11.8 Å². The Bertz CT molecular complexity index is 1130. The van der Waals surface area contributed by atoms with Gasteiger partial charge in [0.25, 0.3) is 5.91 Å². The molecular weight excluding hydrogens is 465 g/mol. The molecule has 0 radical (unpaired) electrons. The number of nitrogens with zero attached hydrogens (tertiary/aromatic N) is 4. The van der Waals surface area contributed by atoms with Crippen molar-refractivity contribution in [2.75, 3.05) is 31.1 Å². The van der Waals surface area contributed by atoms with Crippen LogP contribution in [0.15, 0.2) is 30.5 Å². The summed E-state index contributed by atoms with van der Waals surface area (Å²) in [6, 6.07) is 7.11. The minimum atomic E-state index is -0.589. The van der Waals surface area contributed by atoms with Crippen LogP contribution < -0.4 is 10.2 Å². The number of hydrogen-bond acceptors (Lipinski definition) is 6. The Morgan fingerprint density at radius 2 is 1.82 bits per heavy atom. The van der Waals surface area contributed by atoms with Crippen LogP contribution in [0.1, 0.15) is 34.3 Å². The van der Waals surface area contributed by atoms with E-state index in [-0.39, 0.29) is 24.1 Å². The molecule has 3 amide bonds. The van der Waals surface area contributed by atoms with Gasteiger partial charge in [-0.1, -0.05) is 35.3 Å². The van der Waals surface area contributed by atoms with E-state index in [0.29, 0.717) is 28.6 Å². The van der Waals surface area contributed by atoms with Gasteiger partial charge >= 0.3 is 0 Å². The number of pyridine rings is 1. The minimum absolute atomic E-state index is 0.145. The molecule has 1 aromatic heterocycles. The van der Waals surface area contributed by atoms with E-state index in [9.17, 15) is 14.4 Å². The lowest BCUT2D eigenvalue weighted by atomic mass is 10.0. The molecule has 0 aliphatic carbocycles. The SMILES string of the molecule is O=C1CCC(N2Cc3cc(CN4CCN(c5cc(Cl)c(Cl)cn5)CC4)ccc3C2=O)C(=O)N1. The van der Waals surface area contributed by atoms with Crippen LogP contribution in [0.2, 0.25) is 10.0 Å². The summed E-state index contributed by atoms with van der Waals surface area (Å²) < 4.78 is 0. The Hall–Kier alpha value is -2.68. The number of carbonyl (C=O) groups excluding carboxylic acids is 3. The highest BCUT2D eigenvalue weighted by Gasteiger charge is 2.39. The second kappa shape index (κ2) is 8.93. The second-order valence-corrected chi connectivity index (χ2v) is 9.43. The summed E-state index contributed by atoms with van der Waals surface area (Å²) in [5, 5.41) is 3.29. The third-order valence-corrected chi connectivity index (χ3v) is 7.20. The van der Waals surface area contributed by atoms with Crippen molar-refractivity contribution in [2.24, 2.45) is 0 Å². The van der Waals surface area contributed by atoms with Crippen LogP contribution in [-0.2, 0) is 22.7 Å². The number of carbonyl (C=O) groups is 3. The molecule has 3 aliphatic rings. The van der Waals surface area contributed by atoms with Crippen molar-refractivity contribution in [1.82, 2.24) is 20.1 Å². The number of hydrogen-bond donors (Lipinski definition) is 1. The Kier molecular flexibility index (Phi) is 5.99. The Morgan fingerprint density at radius 3 is 2.55 bits per heavy atom. The quantitative estimate of drug-likeness (QED) is 0.666. The number of imide groups is 1. The Labute approximate surface area is 201 Å². The number of halogens is 2. The van der Waals surface area contributed by atoms with Crippen LogP contribution in [-0.4, -0.2) is 64.7 Å². The summed E-state index contributed by atoms with van der Waals surface area (Å²) in [5.41, 5.74) is 2.70. The van der Waals surface area contributed by atoms with Crippen molar-refractivity contribution < 1.29 is 14.4 Å². The Morgan fingerprint density at radius 1 is 1.03 bits per heavy atom. The molecule has 10 heteroatoms. The molecule has 1 aromatic carbocycles. The molecule has 172 valence electrons. The van der Waals surface area contributed by atoms with E-state index in [1.54, 1.807) is 17.2 Å². The molecule has 1 atom stereocenters. The number of anilines is 1. The standard InChI is InChI=1S/C23H23Cl2N5O3/c24-17-10-20(26-11-18(17)25)29-7-5-28(6-8-29)12-14-1-2-16-15(9-14)13-30(23(16)33)19-3-4-21(31)27-22(19)32/h1-2,9-11,19H,3-8,12-13H2,(H,27,31,32). The van der Waals surface area contributed by atoms with Crippen LogP contribution in [0.25, 0.3) is 0 Å². The summed E-state index contributed by atoms with van der Waals surface area (Å²) >= 11 is 12.1. The van der Waals surface area contributed by atoms with Crippen LogP contribution in [0.3, 0.4) is 0 Å². The fourth-order valence-electron chi connectivity index (χ4n) is 4.70. The zero-order chi connectivity index (χ0) is 23.1. The van der Waals surface area contributed by atoms with Crippen LogP contribution in [0, 0.1) is 0 Å². The van der Waals surface area contributed by atoms with Gasteiger partial charge in [-0.2, -0.15) is 0 Å². The fourth-order valence-corrected chi connectivity index (χ4v) is 4.95. The zero-order valence-electron chi connectivity index (χ0n) is 17.9. The average molecular weight is 488 g/mol. The van der Waals surface area contributed by atoms with Gasteiger partial charge in [-0.15, -0.1) is 0 Å². The lowest BCUT2D eigenvalue weighted by Gasteiger charge is -2.35. The van der Waals surface area contributed by atoms with Crippen LogP contribution in [0.5, 0.6) is 0 Å². The molecule has 1 N–H and O–H groups in total. The first-order chi connectivity index (χ1) is 15.9. The largest absolute Gasteiger partial charge is 0.354 e. The lowest BCUT2D eigenvalue weighted by molar-refractivity contribution is -0.136. The summed E-state index contributed by atoms with van der Waals surface area (Å²) in [7, 11) is 0. The maximum atomic E-state index is 12.9. The van der Waals surface area contributed by atoms with Gasteiger partial charge in [0, 0.05) is 63.5 Å². The molecule has 33 heavy (non-hydrogen) atoms. The first kappa shape index (κ1) is 22.1. The van der Waals surface area contributed by atoms with E-state index in [4.69, 9.17) is 23.2 Å². The number of aromatic nitrogens is 1. The van der Waals surface area contributed by atoms with Gasteiger partial charge in [0.05, 0.1) is 10.0 Å². The van der Waals surface area contributed by atoms with E-state index in [2.05, 4.69) is 26.2 Å². The van der Waals surface area contributed by atoms with Gasteiger partial charge in [-0.25, -0.2) is 4.98 Å². The molecule has 8 nitrogen and oxygen atoms in total. The van der Waals surface area contributed by atoms with Crippen molar-refractivity contribution in [3.8, 4) is 0 Å². The van der Waals surface area contributed by atoms with Crippen molar-refractivity contribution in [3.63, 3.8) is 0 Å². The summed E-state index contributed by atoms with van der Waals surface area (Å²) in [5.74, 6) is 0.0159. The van der Waals surface area contributed by atoms with E-state index in [0.717, 1.165) is 49.7 Å². The molecule has 0 saturated carbocycles. The van der Waals surface area contributed by atoms with Crippen molar-refractivity contribution in [3.05, 3.63) is 57.2 Å². The third kappa shape index (κ3) is 4.43. The van der Waals surface area contributed by atoms with E-state index >= 15 is 0 Å². The monoisotopic (exact) mass is 487 g/mol. The summed E-state index contributed by atoms with van der Waals surface area (Å²) in [4.78, 5) is 47.0. The smallest absolute Gasteiger partial charge is 0.255 e. The first-order valence-corrected chi connectivity index (χ1v) is 11.7. The molecule has 4 heterocycles. The second-order valence-electron chi connectivity index (χ2n) is 8.61. The topological polar surface area (TPSA) is 85.9 Å². The first-order valence-electron chi connectivity index (χ1n) is 10.9. The predicted molar refractivity (Wildman–Crippen MR) is 124 cm³/mol. The fraction of sp³-hybridized carbons (Fsp3) is 0.391. The number of piperidine rings is 1. The van der Waals surface area contributed by atoms with Gasteiger partial charge in [0.15, 0.2) is 0 Å². The van der Waals surface area contributed by atoms with Gasteiger partial charge in [0.1, 0.15) is 11.9 Å². The molecule has 5 rings (SSSR count). The zero-order valence-corrected chi connectivity index (χ0v) is 19.4. The maximum absolute atomic E-state index is 12.9. The van der Waals surface area contributed by atoms with Gasteiger partial charge < -0.3 is 9.80 Å². The third-order valence-electron chi connectivity index (χ3n) is 6.48. The molecule has 2 aromatic rings. The molecule has 0 bridgehead atoms. The number of nitrogens with one attached hydrogen (secondary N) is 1. The lowest BCUT2D eigenvalue weighted by Crippen LogP contribution is -2.52. The maximum Gasteiger partial charge on any atom is 0.255 e. The predicted octanol–water partition coefficient (Wildman–Crippen LogP) is 2.47. The number of fused-ring (bicyclic) bond motifs is 1. The van der Waals surface area contributed by atoms with Crippen LogP contribution >= 0.6 is 23.2 Å². The van der Waals surface area contributed by atoms with E-state index < -0.39 is 6.04 Å².